The van der Waals surface area contributed by atoms with Crippen LogP contribution in [0.2, 0.25) is 0 Å². The Kier molecular flexibility index (Phi) is 4.86. The van der Waals surface area contributed by atoms with Gasteiger partial charge in [-0.25, -0.2) is 0 Å². The highest BCUT2D eigenvalue weighted by molar-refractivity contribution is 9.09. The summed E-state index contributed by atoms with van der Waals surface area (Å²) < 4.78 is 5.58. The Balaban J connectivity index is 1.66. The molecule has 2 aliphatic heterocycles. The molecule has 0 aromatic carbocycles. The van der Waals surface area contributed by atoms with Gasteiger partial charge in [-0.3, -0.25) is 4.90 Å². The topological polar surface area (TPSA) is 12.5 Å². The third kappa shape index (κ3) is 3.19. The van der Waals surface area contributed by atoms with Crippen molar-refractivity contribution in [2.75, 3.05) is 31.6 Å². The summed E-state index contributed by atoms with van der Waals surface area (Å²) in [5.74, 6) is 1.01. The number of rotatable bonds is 3. The third-order valence-electron chi connectivity index (χ3n) is 5.73. The molecule has 0 N–H and O–H groups in total. The monoisotopic (exact) mass is 329 g/mol. The van der Waals surface area contributed by atoms with Gasteiger partial charge >= 0.3 is 0 Å². The Hall–Kier alpha value is 0.400. The van der Waals surface area contributed by atoms with E-state index in [1.54, 1.807) is 0 Å². The lowest BCUT2D eigenvalue weighted by Gasteiger charge is -2.48. The number of nitrogens with zero attached hydrogens (tertiary/aromatic N) is 1. The van der Waals surface area contributed by atoms with Crippen molar-refractivity contribution in [1.82, 2.24) is 4.90 Å². The quantitative estimate of drug-likeness (QED) is 0.729. The SMILES string of the molecule is BrCC1(CN2CCC[C@H]3CCCC[C@H]32)CCOCC1. The van der Waals surface area contributed by atoms with Gasteiger partial charge in [0.15, 0.2) is 0 Å². The predicted octanol–water partition coefficient (Wildman–Crippen LogP) is 3.83. The molecule has 19 heavy (non-hydrogen) atoms. The van der Waals surface area contributed by atoms with Gasteiger partial charge in [-0.05, 0) is 56.4 Å². The molecule has 110 valence electrons. The Morgan fingerprint density at radius 1 is 1.05 bits per heavy atom. The molecule has 2 atom stereocenters. The van der Waals surface area contributed by atoms with E-state index in [0.29, 0.717) is 5.41 Å². The third-order valence-corrected chi connectivity index (χ3v) is 6.92. The fraction of sp³-hybridized carbons (Fsp3) is 1.00. The lowest BCUT2D eigenvalue weighted by atomic mass is 9.75. The minimum atomic E-state index is 0.484. The predicted molar refractivity (Wildman–Crippen MR) is 82.8 cm³/mol. The summed E-state index contributed by atoms with van der Waals surface area (Å²) in [6.45, 7) is 4.58. The van der Waals surface area contributed by atoms with Crippen molar-refractivity contribution in [3.63, 3.8) is 0 Å². The number of hydrogen-bond donors (Lipinski definition) is 0. The maximum Gasteiger partial charge on any atom is 0.0472 e. The highest BCUT2D eigenvalue weighted by atomic mass is 79.9. The first-order valence-corrected chi connectivity index (χ1v) is 9.33. The molecule has 2 saturated heterocycles. The first kappa shape index (κ1) is 14.3. The van der Waals surface area contributed by atoms with Crippen molar-refractivity contribution in [2.24, 2.45) is 11.3 Å². The van der Waals surface area contributed by atoms with Crippen LogP contribution in [0.25, 0.3) is 0 Å². The highest BCUT2D eigenvalue weighted by Gasteiger charge is 2.39. The van der Waals surface area contributed by atoms with E-state index in [-0.39, 0.29) is 0 Å². The first-order chi connectivity index (χ1) is 9.33. The second-order valence-corrected chi connectivity index (χ2v) is 7.53. The summed E-state index contributed by atoms with van der Waals surface area (Å²) in [4.78, 5) is 2.86. The standard InChI is InChI=1S/C16H28BrNO/c17-12-16(7-10-19-11-8-16)13-18-9-3-5-14-4-1-2-6-15(14)18/h14-15H,1-13H2/t14-,15-/m1/s1. The van der Waals surface area contributed by atoms with Crippen LogP contribution in [0, 0.1) is 11.3 Å². The molecule has 3 heteroatoms. The average molecular weight is 330 g/mol. The number of halogens is 1. The number of likely N-dealkylation sites (tertiary alicyclic amines) is 1. The van der Waals surface area contributed by atoms with E-state index in [1.165, 1.54) is 64.5 Å². The molecule has 0 aromatic heterocycles. The fourth-order valence-corrected chi connectivity index (χ4v) is 5.23. The van der Waals surface area contributed by atoms with Crippen molar-refractivity contribution < 1.29 is 4.74 Å². The molecule has 3 aliphatic rings. The van der Waals surface area contributed by atoms with Crippen LogP contribution in [-0.4, -0.2) is 42.6 Å². The molecule has 3 fully saturated rings. The van der Waals surface area contributed by atoms with Gasteiger partial charge in [0.05, 0.1) is 0 Å². The maximum absolute atomic E-state index is 5.58. The molecule has 0 radical (unpaired) electrons. The second kappa shape index (κ2) is 6.44. The van der Waals surface area contributed by atoms with E-state index in [4.69, 9.17) is 4.74 Å². The van der Waals surface area contributed by atoms with Crippen LogP contribution in [0.15, 0.2) is 0 Å². The number of alkyl halides is 1. The second-order valence-electron chi connectivity index (χ2n) is 6.97. The minimum Gasteiger partial charge on any atom is -0.381 e. The van der Waals surface area contributed by atoms with Gasteiger partial charge in [0.2, 0.25) is 0 Å². The number of fused-ring (bicyclic) bond motifs is 1. The highest BCUT2D eigenvalue weighted by Crippen LogP contribution is 2.40. The van der Waals surface area contributed by atoms with Crippen LogP contribution >= 0.6 is 15.9 Å². The van der Waals surface area contributed by atoms with Crippen molar-refractivity contribution in [1.29, 1.82) is 0 Å². The van der Waals surface area contributed by atoms with E-state index in [9.17, 15) is 0 Å². The molecule has 0 amide bonds. The van der Waals surface area contributed by atoms with Gasteiger partial charge in [0.1, 0.15) is 0 Å². The zero-order valence-electron chi connectivity index (χ0n) is 12.1. The van der Waals surface area contributed by atoms with Gasteiger partial charge in [-0.15, -0.1) is 0 Å². The van der Waals surface area contributed by atoms with Crippen molar-refractivity contribution in [3.8, 4) is 0 Å². The molecule has 2 nitrogen and oxygen atoms in total. The molecular weight excluding hydrogens is 302 g/mol. The summed E-state index contributed by atoms with van der Waals surface area (Å²) in [5.41, 5.74) is 0.484. The Labute approximate surface area is 126 Å². The van der Waals surface area contributed by atoms with Crippen LogP contribution in [0.3, 0.4) is 0 Å². The van der Waals surface area contributed by atoms with Crippen LogP contribution in [0.1, 0.15) is 51.4 Å². The van der Waals surface area contributed by atoms with E-state index >= 15 is 0 Å². The molecule has 1 saturated carbocycles. The van der Waals surface area contributed by atoms with Crippen LogP contribution < -0.4 is 0 Å². The molecular formula is C16H28BrNO. The van der Waals surface area contributed by atoms with Gasteiger partial charge in [0, 0.05) is 31.1 Å². The molecule has 0 bridgehead atoms. The summed E-state index contributed by atoms with van der Waals surface area (Å²) in [5, 5.41) is 1.15. The van der Waals surface area contributed by atoms with Gasteiger partial charge < -0.3 is 4.74 Å². The Morgan fingerprint density at radius 3 is 2.58 bits per heavy atom. The zero-order chi connectivity index (χ0) is 13.1. The number of hydrogen-bond acceptors (Lipinski definition) is 2. The number of piperidine rings is 1. The van der Waals surface area contributed by atoms with E-state index < -0.39 is 0 Å². The lowest BCUT2D eigenvalue weighted by Crippen LogP contribution is -2.52. The lowest BCUT2D eigenvalue weighted by molar-refractivity contribution is -0.0225. The maximum atomic E-state index is 5.58. The van der Waals surface area contributed by atoms with Crippen molar-refractivity contribution >= 4 is 15.9 Å². The Morgan fingerprint density at radius 2 is 1.79 bits per heavy atom. The fourth-order valence-electron chi connectivity index (χ4n) is 4.49. The Bertz CT molecular complexity index is 288. The summed E-state index contributed by atoms with van der Waals surface area (Å²) in [6, 6.07) is 0.904. The molecule has 2 heterocycles. The largest absolute Gasteiger partial charge is 0.381 e. The molecule has 0 unspecified atom stereocenters. The van der Waals surface area contributed by atoms with Crippen LogP contribution in [-0.2, 0) is 4.74 Å². The van der Waals surface area contributed by atoms with Gasteiger partial charge in [-0.1, -0.05) is 28.8 Å². The van der Waals surface area contributed by atoms with Gasteiger partial charge in [-0.2, -0.15) is 0 Å². The van der Waals surface area contributed by atoms with Crippen molar-refractivity contribution in [3.05, 3.63) is 0 Å². The summed E-state index contributed by atoms with van der Waals surface area (Å²) in [6.07, 6.45) is 11.3. The zero-order valence-corrected chi connectivity index (χ0v) is 13.7. The minimum absolute atomic E-state index is 0.484. The normalized spacial score (nSPS) is 35.8. The molecule has 0 aromatic rings. The van der Waals surface area contributed by atoms with E-state index in [0.717, 1.165) is 30.5 Å². The number of ether oxygens (including phenoxy) is 1. The molecule has 0 spiro atoms. The smallest absolute Gasteiger partial charge is 0.0472 e. The molecule has 1 aliphatic carbocycles. The van der Waals surface area contributed by atoms with Crippen molar-refractivity contribution in [2.45, 2.75) is 57.4 Å². The molecule has 3 rings (SSSR count). The first-order valence-electron chi connectivity index (χ1n) is 8.21. The van der Waals surface area contributed by atoms with E-state index in [1.807, 2.05) is 0 Å². The average Bonchev–Trinajstić information content (AvgIpc) is 2.49. The van der Waals surface area contributed by atoms with Crippen LogP contribution in [0.4, 0.5) is 0 Å². The van der Waals surface area contributed by atoms with Crippen LogP contribution in [0.5, 0.6) is 0 Å². The van der Waals surface area contributed by atoms with Gasteiger partial charge in [0.25, 0.3) is 0 Å². The van der Waals surface area contributed by atoms with E-state index in [2.05, 4.69) is 20.8 Å². The summed E-state index contributed by atoms with van der Waals surface area (Å²) >= 11 is 3.80. The summed E-state index contributed by atoms with van der Waals surface area (Å²) in [7, 11) is 0.